The molecule has 1 fully saturated rings. The molecule has 0 radical (unpaired) electrons. The molecule has 3 aromatic carbocycles. The van der Waals surface area contributed by atoms with Crippen molar-refractivity contribution in [1.82, 2.24) is 0 Å². The number of imide groups is 1. The average Bonchev–Trinajstić information content (AvgIpc) is 3.11. The fourth-order valence-corrected chi connectivity index (χ4v) is 4.60. The SMILES string of the molecule is CCCCOc1ccc(N2C(=O)C[C@H](SCC(=O)Nc3ccc4ccccc4c3)C2=O)cc1. The predicted octanol–water partition coefficient (Wildman–Crippen LogP) is 5.02. The third-order valence-electron chi connectivity index (χ3n) is 5.42. The van der Waals surface area contributed by atoms with Crippen molar-refractivity contribution in [3.63, 3.8) is 0 Å². The number of amides is 3. The Balaban J connectivity index is 1.32. The molecule has 1 aliphatic rings. The summed E-state index contributed by atoms with van der Waals surface area (Å²) in [6.07, 6.45) is 2.11. The van der Waals surface area contributed by atoms with Gasteiger partial charge in [-0.1, -0.05) is 43.7 Å². The lowest BCUT2D eigenvalue weighted by Gasteiger charge is -2.15. The van der Waals surface area contributed by atoms with Crippen LogP contribution in [0.1, 0.15) is 26.2 Å². The Hall–Kier alpha value is -3.32. The van der Waals surface area contributed by atoms with Crippen molar-refractivity contribution in [1.29, 1.82) is 0 Å². The number of hydrogen-bond donors (Lipinski definition) is 1. The summed E-state index contributed by atoms with van der Waals surface area (Å²) in [7, 11) is 0. The predicted molar refractivity (Wildman–Crippen MR) is 133 cm³/mol. The van der Waals surface area contributed by atoms with Crippen molar-refractivity contribution >= 4 is 51.6 Å². The molecule has 0 aromatic heterocycles. The highest BCUT2D eigenvalue weighted by molar-refractivity contribution is 8.01. The monoisotopic (exact) mass is 462 g/mol. The van der Waals surface area contributed by atoms with Gasteiger partial charge in [-0.05, 0) is 53.6 Å². The zero-order valence-electron chi connectivity index (χ0n) is 18.5. The van der Waals surface area contributed by atoms with Crippen molar-refractivity contribution in [2.24, 2.45) is 0 Å². The van der Waals surface area contributed by atoms with Crippen LogP contribution >= 0.6 is 11.8 Å². The molecule has 1 heterocycles. The van der Waals surface area contributed by atoms with Gasteiger partial charge in [-0.15, -0.1) is 11.8 Å². The number of unbranched alkanes of at least 4 members (excludes halogenated alkanes) is 1. The first-order valence-electron chi connectivity index (χ1n) is 11.0. The van der Waals surface area contributed by atoms with E-state index in [4.69, 9.17) is 4.74 Å². The Kier molecular flexibility index (Phi) is 7.29. The lowest BCUT2D eigenvalue weighted by atomic mass is 10.1. The molecule has 6 nitrogen and oxygen atoms in total. The van der Waals surface area contributed by atoms with Gasteiger partial charge in [-0.2, -0.15) is 0 Å². The number of benzene rings is 3. The minimum absolute atomic E-state index is 0.0848. The fraction of sp³-hybridized carbons (Fsp3) is 0.269. The number of hydrogen-bond acceptors (Lipinski definition) is 5. The molecule has 1 saturated heterocycles. The first-order valence-corrected chi connectivity index (χ1v) is 12.1. The van der Waals surface area contributed by atoms with Crippen LogP contribution < -0.4 is 15.0 Å². The molecule has 33 heavy (non-hydrogen) atoms. The second-order valence-corrected chi connectivity index (χ2v) is 9.07. The Morgan fingerprint density at radius 1 is 1.06 bits per heavy atom. The molecule has 4 rings (SSSR count). The summed E-state index contributed by atoms with van der Waals surface area (Å²) >= 11 is 1.19. The molecule has 3 amide bonds. The minimum atomic E-state index is -0.569. The van der Waals surface area contributed by atoms with Crippen LogP contribution in [-0.2, 0) is 14.4 Å². The van der Waals surface area contributed by atoms with Crippen LogP contribution in [0.2, 0.25) is 0 Å². The van der Waals surface area contributed by atoms with E-state index in [1.165, 1.54) is 16.7 Å². The largest absolute Gasteiger partial charge is 0.494 e. The number of nitrogens with one attached hydrogen (secondary N) is 1. The molecular weight excluding hydrogens is 436 g/mol. The topological polar surface area (TPSA) is 75.7 Å². The smallest absolute Gasteiger partial charge is 0.247 e. The van der Waals surface area contributed by atoms with Crippen LogP contribution in [0.4, 0.5) is 11.4 Å². The van der Waals surface area contributed by atoms with Crippen LogP contribution in [0.3, 0.4) is 0 Å². The quantitative estimate of drug-likeness (QED) is 0.357. The van der Waals surface area contributed by atoms with Crippen molar-refractivity contribution < 1.29 is 19.1 Å². The molecule has 3 aromatic rings. The van der Waals surface area contributed by atoms with Gasteiger partial charge < -0.3 is 10.1 Å². The van der Waals surface area contributed by atoms with E-state index in [9.17, 15) is 14.4 Å². The van der Waals surface area contributed by atoms with Crippen molar-refractivity contribution in [2.45, 2.75) is 31.4 Å². The second-order valence-electron chi connectivity index (χ2n) is 7.88. The zero-order chi connectivity index (χ0) is 23.2. The minimum Gasteiger partial charge on any atom is -0.494 e. The van der Waals surface area contributed by atoms with Gasteiger partial charge in [-0.3, -0.25) is 14.4 Å². The summed E-state index contributed by atoms with van der Waals surface area (Å²) in [6.45, 7) is 2.73. The van der Waals surface area contributed by atoms with Gasteiger partial charge in [-0.25, -0.2) is 4.90 Å². The van der Waals surface area contributed by atoms with E-state index in [0.29, 0.717) is 23.7 Å². The molecular formula is C26H26N2O4S. The number of ether oxygens (including phenoxy) is 1. The van der Waals surface area contributed by atoms with E-state index in [2.05, 4.69) is 12.2 Å². The first kappa shape index (κ1) is 22.9. The summed E-state index contributed by atoms with van der Waals surface area (Å²) in [5.74, 6) is 0.0505. The standard InChI is InChI=1S/C26H26N2O4S/c1-2-3-14-32-22-12-10-21(11-13-22)28-25(30)16-23(26(28)31)33-17-24(29)27-20-9-8-18-6-4-5-7-19(18)15-20/h4-13,15,23H,2-3,14,16-17H2,1H3,(H,27,29)/t23-/m0/s1. The van der Waals surface area contributed by atoms with Crippen LogP contribution in [0.25, 0.3) is 10.8 Å². The van der Waals surface area contributed by atoms with Gasteiger partial charge in [0.05, 0.1) is 23.3 Å². The molecule has 0 unspecified atom stereocenters. The third kappa shape index (κ3) is 5.54. The number of fused-ring (bicyclic) bond motifs is 1. The van der Waals surface area contributed by atoms with Gasteiger partial charge in [0, 0.05) is 12.1 Å². The number of carbonyl (C=O) groups is 3. The Labute approximate surface area is 197 Å². The van der Waals surface area contributed by atoms with E-state index in [1.54, 1.807) is 24.3 Å². The molecule has 0 aliphatic carbocycles. The summed E-state index contributed by atoms with van der Waals surface area (Å²) < 4.78 is 5.64. The van der Waals surface area contributed by atoms with E-state index in [1.807, 2.05) is 42.5 Å². The van der Waals surface area contributed by atoms with Gasteiger partial charge >= 0.3 is 0 Å². The average molecular weight is 463 g/mol. The normalized spacial score (nSPS) is 15.8. The molecule has 1 N–H and O–H groups in total. The molecule has 170 valence electrons. The molecule has 0 spiro atoms. The molecule has 1 atom stereocenters. The Morgan fingerprint density at radius 3 is 2.58 bits per heavy atom. The summed E-state index contributed by atoms with van der Waals surface area (Å²) in [6, 6.07) is 20.6. The third-order valence-corrected chi connectivity index (χ3v) is 6.62. The molecule has 7 heteroatoms. The number of nitrogens with zero attached hydrogens (tertiary/aromatic N) is 1. The first-order chi connectivity index (χ1) is 16.0. The molecule has 0 bridgehead atoms. The van der Waals surface area contributed by atoms with Crippen LogP contribution in [0.5, 0.6) is 5.75 Å². The van der Waals surface area contributed by atoms with Gasteiger partial charge in [0.2, 0.25) is 17.7 Å². The number of carbonyl (C=O) groups excluding carboxylic acids is 3. The van der Waals surface area contributed by atoms with Gasteiger partial charge in [0.15, 0.2) is 0 Å². The Morgan fingerprint density at radius 2 is 1.82 bits per heavy atom. The van der Waals surface area contributed by atoms with Crippen molar-refractivity contribution in [2.75, 3.05) is 22.6 Å². The lowest BCUT2D eigenvalue weighted by molar-refractivity contribution is -0.121. The van der Waals surface area contributed by atoms with Gasteiger partial charge in [0.1, 0.15) is 5.75 Å². The summed E-state index contributed by atoms with van der Waals surface area (Å²) in [4.78, 5) is 39.0. The van der Waals surface area contributed by atoms with E-state index in [0.717, 1.165) is 23.6 Å². The maximum absolute atomic E-state index is 12.9. The number of thioether (sulfide) groups is 1. The van der Waals surface area contributed by atoms with Gasteiger partial charge in [0.25, 0.3) is 0 Å². The Bertz CT molecular complexity index is 1160. The summed E-state index contributed by atoms with van der Waals surface area (Å²) in [5, 5.41) is 4.44. The molecule has 0 saturated carbocycles. The van der Waals surface area contributed by atoms with Crippen molar-refractivity contribution in [3.05, 3.63) is 66.7 Å². The van der Waals surface area contributed by atoms with E-state index < -0.39 is 5.25 Å². The highest BCUT2D eigenvalue weighted by Gasteiger charge is 2.40. The van der Waals surface area contributed by atoms with Crippen LogP contribution in [-0.4, -0.2) is 35.3 Å². The fourth-order valence-electron chi connectivity index (χ4n) is 3.67. The van der Waals surface area contributed by atoms with E-state index >= 15 is 0 Å². The molecule has 1 aliphatic heterocycles. The highest BCUT2D eigenvalue weighted by Crippen LogP contribution is 2.31. The maximum atomic E-state index is 12.9. The second kappa shape index (κ2) is 10.5. The van der Waals surface area contributed by atoms with Crippen LogP contribution in [0.15, 0.2) is 66.7 Å². The van der Waals surface area contributed by atoms with E-state index in [-0.39, 0.29) is 29.9 Å². The summed E-state index contributed by atoms with van der Waals surface area (Å²) in [5.41, 5.74) is 1.23. The van der Waals surface area contributed by atoms with Crippen LogP contribution in [0, 0.1) is 0 Å². The number of anilines is 2. The van der Waals surface area contributed by atoms with Crippen molar-refractivity contribution in [3.8, 4) is 5.75 Å². The zero-order valence-corrected chi connectivity index (χ0v) is 19.3. The lowest BCUT2D eigenvalue weighted by Crippen LogP contribution is -2.31. The number of rotatable bonds is 9. The highest BCUT2D eigenvalue weighted by atomic mass is 32.2. The maximum Gasteiger partial charge on any atom is 0.247 e.